The zero-order chi connectivity index (χ0) is 15.2. The van der Waals surface area contributed by atoms with Crippen LogP contribution in [0, 0.1) is 0 Å². The fourth-order valence-corrected chi connectivity index (χ4v) is 2.05. The maximum atomic E-state index is 5.99. The van der Waals surface area contributed by atoms with Crippen LogP contribution in [-0.2, 0) is 0 Å². The molecule has 0 aliphatic carbocycles. The minimum absolute atomic E-state index is 0.176. The van der Waals surface area contributed by atoms with E-state index in [0.29, 0.717) is 28.6 Å². The number of aromatic nitrogens is 4. The van der Waals surface area contributed by atoms with Crippen molar-refractivity contribution in [2.75, 3.05) is 35.6 Å². The molecule has 0 atom stereocenters. The fraction of sp³-hybridized carbons (Fsp3) is 0.538. The molecule has 2 rings (SSSR count). The second kappa shape index (κ2) is 7.21. The zero-order valence-corrected chi connectivity index (χ0v) is 13.3. The third-order valence-corrected chi connectivity index (χ3v) is 2.91. The van der Waals surface area contributed by atoms with Gasteiger partial charge in [0.2, 0.25) is 11.2 Å². The Labute approximate surface area is 128 Å². The van der Waals surface area contributed by atoms with Crippen molar-refractivity contribution in [2.24, 2.45) is 0 Å². The molecular weight excluding hydrogens is 290 g/mol. The maximum Gasteiger partial charge on any atom is 0.225 e. The topological polar surface area (TPSA) is 87.7 Å². The van der Waals surface area contributed by atoms with Gasteiger partial charge in [0.1, 0.15) is 11.0 Å². The summed E-state index contributed by atoms with van der Waals surface area (Å²) in [5.41, 5.74) is 1.28. The first kappa shape index (κ1) is 15.5. The Balaban J connectivity index is 2.60. The first-order valence-electron chi connectivity index (χ1n) is 7.16. The molecule has 0 aliphatic rings. The highest BCUT2D eigenvalue weighted by atomic mass is 35.5. The molecule has 3 N–H and O–H groups in total. The van der Waals surface area contributed by atoms with Gasteiger partial charge in [-0.1, -0.05) is 6.92 Å². The first-order chi connectivity index (χ1) is 10.2. The molecule has 0 spiro atoms. The summed E-state index contributed by atoms with van der Waals surface area (Å²) in [5, 5.41) is 9.73. The standard InChI is InChI=1S/C13H20ClN7/c1-4-7-17-13-19-9-8(11(21-13)16-6-3)18-12(14)20-10(9)15-5-2/h4-7H2,1-3H3,(H,15,18,20)(H2,16,17,19,21). The summed E-state index contributed by atoms with van der Waals surface area (Å²) in [7, 11) is 0. The Morgan fingerprint density at radius 3 is 2.05 bits per heavy atom. The molecule has 2 aromatic heterocycles. The lowest BCUT2D eigenvalue weighted by Gasteiger charge is -2.12. The molecule has 0 aliphatic heterocycles. The van der Waals surface area contributed by atoms with Crippen LogP contribution in [0.4, 0.5) is 17.6 Å². The normalized spacial score (nSPS) is 10.7. The molecule has 21 heavy (non-hydrogen) atoms. The van der Waals surface area contributed by atoms with Gasteiger partial charge >= 0.3 is 0 Å². The first-order valence-corrected chi connectivity index (χ1v) is 7.54. The predicted molar refractivity (Wildman–Crippen MR) is 87.2 cm³/mol. The zero-order valence-electron chi connectivity index (χ0n) is 12.5. The molecule has 8 heteroatoms. The molecular formula is C13H20ClN7. The van der Waals surface area contributed by atoms with Gasteiger partial charge in [-0.3, -0.25) is 0 Å². The summed E-state index contributed by atoms with van der Waals surface area (Å²) in [6.07, 6.45) is 0.995. The Morgan fingerprint density at radius 2 is 1.43 bits per heavy atom. The van der Waals surface area contributed by atoms with E-state index in [-0.39, 0.29) is 5.28 Å². The average Bonchev–Trinajstić information content (AvgIpc) is 2.46. The van der Waals surface area contributed by atoms with Crippen LogP contribution in [-0.4, -0.2) is 39.6 Å². The van der Waals surface area contributed by atoms with Gasteiger partial charge in [-0.05, 0) is 31.9 Å². The maximum absolute atomic E-state index is 5.99. The summed E-state index contributed by atoms with van der Waals surface area (Å²) in [6, 6.07) is 0. The molecule has 7 nitrogen and oxygen atoms in total. The van der Waals surface area contributed by atoms with Crippen LogP contribution in [0.5, 0.6) is 0 Å². The number of anilines is 3. The van der Waals surface area contributed by atoms with E-state index in [9.17, 15) is 0 Å². The molecule has 0 saturated heterocycles. The lowest BCUT2D eigenvalue weighted by atomic mass is 10.3. The van der Waals surface area contributed by atoms with Gasteiger partial charge in [0.15, 0.2) is 11.6 Å². The van der Waals surface area contributed by atoms with Gasteiger partial charge in [0.05, 0.1) is 0 Å². The summed E-state index contributed by atoms with van der Waals surface area (Å²) < 4.78 is 0. The molecule has 2 heterocycles. The number of nitrogens with zero attached hydrogens (tertiary/aromatic N) is 4. The average molecular weight is 310 g/mol. The number of rotatable bonds is 7. The van der Waals surface area contributed by atoms with E-state index in [1.807, 2.05) is 13.8 Å². The lowest BCUT2D eigenvalue weighted by Crippen LogP contribution is -2.11. The van der Waals surface area contributed by atoms with Crippen LogP contribution in [0.1, 0.15) is 27.2 Å². The van der Waals surface area contributed by atoms with Gasteiger partial charge in [-0.15, -0.1) is 0 Å². The summed E-state index contributed by atoms with van der Waals surface area (Å²) in [6.45, 7) is 8.35. The van der Waals surface area contributed by atoms with E-state index in [0.717, 1.165) is 26.1 Å². The highest BCUT2D eigenvalue weighted by Crippen LogP contribution is 2.26. The van der Waals surface area contributed by atoms with E-state index in [1.165, 1.54) is 0 Å². The van der Waals surface area contributed by atoms with Crippen molar-refractivity contribution >= 4 is 40.2 Å². The number of fused-ring (bicyclic) bond motifs is 1. The van der Waals surface area contributed by atoms with Gasteiger partial charge in [0.25, 0.3) is 0 Å². The van der Waals surface area contributed by atoms with Crippen LogP contribution in [0.25, 0.3) is 11.0 Å². The summed E-state index contributed by atoms with van der Waals surface area (Å²) in [4.78, 5) is 17.4. The van der Waals surface area contributed by atoms with Crippen molar-refractivity contribution in [3.05, 3.63) is 5.28 Å². The number of halogens is 1. The Bertz CT molecular complexity index is 617. The van der Waals surface area contributed by atoms with Gasteiger partial charge < -0.3 is 16.0 Å². The van der Waals surface area contributed by atoms with Crippen LogP contribution in [0.2, 0.25) is 5.28 Å². The van der Waals surface area contributed by atoms with Crippen LogP contribution >= 0.6 is 11.6 Å². The summed E-state index contributed by atoms with van der Waals surface area (Å²) >= 11 is 5.99. The van der Waals surface area contributed by atoms with E-state index >= 15 is 0 Å². The predicted octanol–water partition coefficient (Wildman–Crippen LogP) is 2.76. The van der Waals surface area contributed by atoms with Crippen molar-refractivity contribution in [1.82, 2.24) is 19.9 Å². The van der Waals surface area contributed by atoms with E-state index < -0.39 is 0 Å². The van der Waals surface area contributed by atoms with Crippen molar-refractivity contribution in [2.45, 2.75) is 27.2 Å². The second-order valence-electron chi connectivity index (χ2n) is 4.42. The molecule has 0 aromatic carbocycles. The third-order valence-electron chi connectivity index (χ3n) is 2.74. The summed E-state index contributed by atoms with van der Waals surface area (Å²) in [5.74, 6) is 1.84. The number of hydrogen-bond acceptors (Lipinski definition) is 7. The molecule has 0 amide bonds. The van der Waals surface area contributed by atoms with Crippen molar-refractivity contribution in [3.8, 4) is 0 Å². The van der Waals surface area contributed by atoms with Gasteiger partial charge in [0, 0.05) is 19.6 Å². The molecule has 0 radical (unpaired) electrons. The second-order valence-corrected chi connectivity index (χ2v) is 4.76. The third kappa shape index (κ3) is 3.60. The van der Waals surface area contributed by atoms with Gasteiger partial charge in [-0.25, -0.2) is 9.97 Å². The number of nitrogens with one attached hydrogen (secondary N) is 3. The quantitative estimate of drug-likeness (QED) is 0.678. The van der Waals surface area contributed by atoms with Gasteiger partial charge in [-0.2, -0.15) is 9.97 Å². The van der Waals surface area contributed by atoms with Crippen LogP contribution < -0.4 is 16.0 Å². The van der Waals surface area contributed by atoms with E-state index in [1.54, 1.807) is 0 Å². The Kier molecular flexibility index (Phi) is 5.32. The SMILES string of the molecule is CCCNc1nc(NCC)c2nc(Cl)nc(NCC)c2n1. The highest BCUT2D eigenvalue weighted by Gasteiger charge is 2.14. The van der Waals surface area contributed by atoms with Crippen molar-refractivity contribution in [1.29, 1.82) is 0 Å². The Hall–Kier alpha value is -1.89. The van der Waals surface area contributed by atoms with E-state index in [2.05, 4.69) is 42.8 Å². The highest BCUT2D eigenvalue weighted by molar-refractivity contribution is 6.29. The van der Waals surface area contributed by atoms with Crippen LogP contribution in [0.15, 0.2) is 0 Å². The van der Waals surface area contributed by atoms with Crippen molar-refractivity contribution in [3.63, 3.8) is 0 Å². The largest absolute Gasteiger partial charge is 0.368 e. The Morgan fingerprint density at radius 1 is 0.810 bits per heavy atom. The number of hydrogen-bond donors (Lipinski definition) is 3. The molecule has 0 fully saturated rings. The lowest BCUT2D eigenvalue weighted by molar-refractivity contribution is 0.954. The molecule has 2 aromatic rings. The minimum Gasteiger partial charge on any atom is -0.368 e. The fourth-order valence-electron chi connectivity index (χ4n) is 1.89. The molecule has 0 saturated carbocycles. The minimum atomic E-state index is 0.176. The molecule has 0 bridgehead atoms. The van der Waals surface area contributed by atoms with Crippen LogP contribution in [0.3, 0.4) is 0 Å². The van der Waals surface area contributed by atoms with Crippen molar-refractivity contribution < 1.29 is 0 Å². The monoisotopic (exact) mass is 309 g/mol. The smallest absolute Gasteiger partial charge is 0.225 e. The molecule has 114 valence electrons. The van der Waals surface area contributed by atoms with E-state index in [4.69, 9.17) is 11.6 Å². The molecule has 0 unspecified atom stereocenters.